The maximum atomic E-state index is 12.6. The number of nitrogens with zero attached hydrogens (tertiary/aromatic N) is 2. The van der Waals surface area contributed by atoms with Crippen molar-refractivity contribution in [2.45, 2.75) is 30.0 Å². The summed E-state index contributed by atoms with van der Waals surface area (Å²) >= 11 is 2.54. The van der Waals surface area contributed by atoms with Crippen LogP contribution in [0.2, 0.25) is 0 Å². The van der Waals surface area contributed by atoms with E-state index >= 15 is 0 Å². The Morgan fingerprint density at radius 2 is 2.27 bits per heavy atom. The molecule has 1 aromatic heterocycles. The van der Waals surface area contributed by atoms with E-state index in [0.717, 1.165) is 4.90 Å². The molecule has 3 fully saturated rings. The Balaban J connectivity index is 1.49. The van der Waals surface area contributed by atoms with Crippen molar-refractivity contribution in [3.8, 4) is 0 Å². The quantitative estimate of drug-likeness (QED) is 0.429. The molecule has 4 unspecified atom stereocenters. The molecule has 0 aromatic carbocycles. The van der Waals surface area contributed by atoms with Gasteiger partial charge in [0.15, 0.2) is 5.13 Å². The van der Waals surface area contributed by atoms with Crippen LogP contribution in [0.15, 0.2) is 5.38 Å². The third kappa shape index (κ3) is 2.35. The highest BCUT2D eigenvalue weighted by atomic mass is 32.2. The first-order chi connectivity index (χ1) is 12.3. The zero-order valence-corrected chi connectivity index (χ0v) is 14.8. The first-order valence-electron chi connectivity index (χ1n) is 7.72. The Morgan fingerprint density at radius 1 is 1.50 bits per heavy atom. The molecule has 0 aliphatic carbocycles. The normalized spacial score (nSPS) is 32.3. The van der Waals surface area contributed by atoms with Gasteiger partial charge in [-0.1, -0.05) is 0 Å². The molecule has 26 heavy (non-hydrogen) atoms. The van der Waals surface area contributed by atoms with Crippen molar-refractivity contribution in [2.24, 2.45) is 5.92 Å². The van der Waals surface area contributed by atoms with Gasteiger partial charge < -0.3 is 20.9 Å². The van der Waals surface area contributed by atoms with Crippen molar-refractivity contribution in [3.05, 3.63) is 11.1 Å². The number of carbonyl (C=O) groups excluding carboxylic acids is 3. The highest BCUT2D eigenvalue weighted by Gasteiger charge is 2.71. The van der Waals surface area contributed by atoms with Gasteiger partial charge in [0.05, 0.1) is 18.5 Å². The number of nitrogens with two attached hydrogens (primary N) is 1. The van der Waals surface area contributed by atoms with Gasteiger partial charge in [0, 0.05) is 17.1 Å². The van der Waals surface area contributed by atoms with Crippen LogP contribution in [0.4, 0.5) is 5.13 Å². The highest BCUT2D eigenvalue weighted by molar-refractivity contribution is 8.00. The lowest BCUT2D eigenvalue weighted by molar-refractivity contribution is -0.216. The Morgan fingerprint density at radius 3 is 2.92 bits per heavy atom. The van der Waals surface area contributed by atoms with Crippen molar-refractivity contribution in [2.75, 3.05) is 11.5 Å². The van der Waals surface area contributed by atoms with Gasteiger partial charge in [-0.15, -0.1) is 23.1 Å². The Kier molecular flexibility index (Phi) is 3.84. The minimum atomic E-state index is -1.96. The van der Waals surface area contributed by atoms with Crippen LogP contribution in [0.1, 0.15) is 12.1 Å². The number of carbonyl (C=O) groups is 4. The van der Waals surface area contributed by atoms with Crippen LogP contribution in [-0.2, 0) is 30.3 Å². The lowest BCUT2D eigenvalue weighted by Crippen LogP contribution is -2.80. The number of aliphatic carboxylic acids is 1. The second-order valence-corrected chi connectivity index (χ2v) is 8.25. The number of carboxylic acid groups (broad SMARTS) is 1. The third-order valence-electron chi connectivity index (χ3n) is 4.64. The number of β-lactam (4-membered cyclic amide) rings is 1. The molecule has 4 heterocycles. The van der Waals surface area contributed by atoms with Gasteiger partial charge in [0.25, 0.3) is 11.6 Å². The summed E-state index contributed by atoms with van der Waals surface area (Å²) in [4.78, 5) is 53.3. The number of ether oxygens (including phenoxy) is 1. The van der Waals surface area contributed by atoms with E-state index < -0.39 is 46.8 Å². The average molecular weight is 398 g/mol. The van der Waals surface area contributed by atoms with Gasteiger partial charge in [0.2, 0.25) is 5.91 Å². The first-order valence-corrected chi connectivity index (χ1v) is 9.65. The number of nitrogen functional groups attached to an aromatic ring is 1. The highest BCUT2D eigenvalue weighted by Crippen LogP contribution is 2.51. The predicted octanol–water partition coefficient (Wildman–Crippen LogP) is -0.988. The average Bonchev–Trinajstić information content (AvgIpc) is 3.13. The number of hydrogen-bond acceptors (Lipinski definition) is 9. The molecule has 4 atom stereocenters. The number of rotatable bonds is 4. The van der Waals surface area contributed by atoms with Crippen LogP contribution < -0.4 is 11.1 Å². The molecule has 3 aliphatic heterocycles. The van der Waals surface area contributed by atoms with E-state index in [1.165, 1.54) is 23.1 Å². The van der Waals surface area contributed by atoms with Crippen molar-refractivity contribution >= 4 is 52.0 Å². The number of anilines is 1. The lowest BCUT2D eigenvalue weighted by atomic mass is 9.89. The fraction of sp³-hybridized carbons (Fsp3) is 0.500. The zero-order chi connectivity index (χ0) is 18.6. The number of nitrogens with one attached hydrogen (secondary N) is 1. The van der Waals surface area contributed by atoms with Crippen LogP contribution in [0, 0.1) is 5.92 Å². The van der Waals surface area contributed by atoms with E-state index in [1.54, 1.807) is 5.38 Å². The van der Waals surface area contributed by atoms with Crippen LogP contribution in [0.5, 0.6) is 0 Å². The summed E-state index contributed by atoms with van der Waals surface area (Å²) in [5.41, 5.74) is 4.05. The fourth-order valence-corrected chi connectivity index (χ4v) is 5.63. The van der Waals surface area contributed by atoms with Crippen LogP contribution in [-0.4, -0.2) is 61.6 Å². The van der Waals surface area contributed by atoms with Crippen LogP contribution in [0.3, 0.4) is 0 Å². The molecular weight excluding hydrogens is 384 g/mol. The molecule has 3 saturated heterocycles. The van der Waals surface area contributed by atoms with Gasteiger partial charge in [-0.3, -0.25) is 19.3 Å². The summed E-state index contributed by atoms with van der Waals surface area (Å²) < 4.78 is 5.09. The standard InChI is InChI=1S/C14H14N4O6S2/c15-13-16-6(4-26-13)2-7(19)17-9-10(21)18-11(9)25-3-5-1-8(20)24-14(5,18)12(22)23/h4-5,9,11H,1-3H2,(H2,15,16)(H,17,19)(H,22,23). The maximum absolute atomic E-state index is 12.6. The zero-order valence-electron chi connectivity index (χ0n) is 13.2. The van der Waals surface area contributed by atoms with E-state index in [0.29, 0.717) is 16.6 Å². The molecule has 0 radical (unpaired) electrons. The smallest absolute Gasteiger partial charge is 0.370 e. The number of thioether (sulfide) groups is 1. The molecule has 3 aliphatic rings. The SMILES string of the molecule is Nc1nc(CC(=O)NC2C(=O)N3C2SCC2CC(=O)OC23C(=O)O)cs1. The molecule has 0 spiro atoms. The summed E-state index contributed by atoms with van der Waals surface area (Å²) in [5, 5.41) is 13.7. The van der Waals surface area contributed by atoms with Crippen molar-refractivity contribution < 1.29 is 29.0 Å². The second-order valence-electron chi connectivity index (χ2n) is 6.21. The number of thiazole rings is 1. The molecule has 2 amide bonds. The second kappa shape index (κ2) is 5.84. The molecule has 0 saturated carbocycles. The van der Waals surface area contributed by atoms with Gasteiger partial charge in [-0.05, 0) is 0 Å². The molecule has 4 rings (SSSR count). The van der Waals surface area contributed by atoms with Gasteiger partial charge in [-0.25, -0.2) is 9.78 Å². The topological polar surface area (TPSA) is 152 Å². The van der Waals surface area contributed by atoms with Crippen LogP contribution >= 0.6 is 23.1 Å². The van der Waals surface area contributed by atoms with Crippen molar-refractivity contribution in [1.82, 2.24) is 15.2 Å². The summed E-state index contributed by atoms with van der Waals surface area (Å²) in [6, 6.07) is -0.861. The molecule has 4 N–H and O–H groups in total. The first kappa shape index (κ1) is 17.1. The monoisotopic (exact) mass is 398 g/mol. The van der Waals surface area contributed by atoms with Gasteiger partial charge in [0.1, 0.15) is 11.4 Å². The molecule has 0 bridgehead atoms. The summed E-state index contributed by atoms with van der Waals surface area (Å²) in [6.45, 7) is 0. The maximum Gasteiger partial charge on any atom is 0.370 e. The number of hydrogen-bond donors (Lipinski definition) is 3. The molecule has 10 nitrogen and oxygen atoms in total. The number of aromatic nitrogens is 1. The van der Waals surface area contributed by atoms with E-state index in [9.17, 15) is 24.3 Å². The third-order valence-corrected chi connectivity index (χ3v) is 6.78. The number of fused-ring (bicyclic) bond motifs is 3. The van der Waals surface area contributed by atoms with E-state index in [2.05, 4.69) is 10.3 Å². The largest absolute Gasteiger partial charge is 0.477 e. The van der Waals surface area contributed by atoms with E-state index in [4.69, 9.17) is 10.5 Å². The Bertz CT molecular complexity index is 828. The molecule has 12 heteroatoms. The Labute approximate surface area is 155 Å². The molecule has 138 valence electrons. The predicted molar refractivity (Wildman–Crippen MR) is 89.8 cm³/mol. The fourth-order valence-electron chi connectivity index (χ4n) is 3.51. The van der Waals surface area contributed by atoms with E-state index in [-0.39, 0.29) is 12.8 Å². The number of carboxylic acids is 1. The number of amides is 2. The summed E-state index contributed by atoms with van der Waals surface area (Å²) in [5.74, 6) is -3.25. The summed E-state index contributed by atoms with van der Waals surface area (Å²) in [7, 11) is 0. The summed E-state index contributed by atoms with van der Waals surface area (Å²) in [6.07, 6.45) is -0.0748. The molecular formula is C14H14N4O6S2. The van der Waals surface area contributed by atoms with Crippen molar-refractivity contribution in [3.63, 3.8) is 0 Å². The molecule has 1 aromatic rings. The van der Waals surface area contributed by atoms with Gasteiger partial charge >= 0.3 is 11.9 Å². The van der Waals surface area contributed by atoms with Gasteiger partial charge in [-0.2, -0.15) is 0 Å². The number of esters is 1. The Hall–Kier alpha value is -2.34. The lowest BCUT2D eigenvalue weighted by Gasteiger charge is -2.56. The van der Waals surface area contributed by atoms with Crippen LogP contribution in [0.25, 0.3) is 0 Å². The van der Waals surface area contributed by atoms with Crippen molar-refractivity contribution in [1.29, 1.82) is 0 Å². The minimum absolute atomic E-state index is 0.0312. The minimum Gasteiger partial charge on any atom is -0.477 e. The van der Waals surface area contributed by atoms with E-state index in [1.807, 2.05) is 0 Å².